The summed E-state index contributed by atoms with van der Waals surface area (Å²) in [7, 11) is 0. The smallest absolute Gasteiger partial charge is 0.262 e. The largest absolute Gasteiger partial charge is 0.268 e. The first-order chi connectivity index (χ1) is 12.6. The van der Waals surface area contributed by atoms with Crippen LogP contribution < -0.4 is 11.1 Å². The fraction of sp³-hybridized carbons (Fsp3) is 0.667. The number of unbranched alkanes of at least 4 members (excludes halogenated alkanes) is 9. The molecule has 2 aromatic rings. The number of rotatable bonds is 13. The van der Waals surface area contributed by atoms with Crippen LogP contribution in [-0.4, -0.2) is 7.91 Å². The van der Waals surface area contributed by atoms with E-state index in [0.29, 0.717) is 8.67 Å². The molecule has 0 fully saturated rings. The summed E-state index contributed by atoms with van der Waals surface area (Å²) in [5, 5.41) is 0. The highest BCUT2D eigenvalue weighted by Gasteiger charge is 2.02. The molecular weight excluding hydrogens is 411 g/mol. The summed E-state index contributed by atoms with van der Waals surface area (Å²) in [5.41, 5.74) is 0.0408. The van der Waals surface area contributed by atoms with E-state index in [2.05, 4.69) is 0 Å². The molecule has 146 valence electrons. The molecule has 0 saturated carbocycles. The van der Waals surface area contributed by atoms with E-state index < -0.39 is 0 Å². The maximum Gasteiger partial charge on any atom is 0.262 e. The molecule has 0 aromatic carbocycles. The van der Waals surface area contributed by atoms with Gasteiger partial charge in [0.25, 0.3) is 11.1 Å². The first kappa shape index (κ1) is 21.7. The molecule has 0 saturated heterocycles. The van der Waals surface area contributed by atoms with Crippen LogP contribution in [0.15, 0.2) is 21.7 Å². The quantitative estimate of drug-likeness (QED) is 0.359. The molecule has 0 aliphatic heterocycles. The third-order valence-electron chi connectivity index (χ3n) is 4.33. The maximum atomic E-state index is 11.5. The second kappa shape index (κ2) is 12.0. The summed E-state index contributed by atoms with van der Waals surface area (Å²) in [6, 6.07) is 2.97. The van der Waals surface area contributed by atoms with Gasteiger partial charge in [0.2, 0.25) is 0 Å². The van der Waals surface area contributed by atoms with Crippen LogP contribution in [0.25, 0.3) is 0 Å². The lowest BCUT2D eigenvalue weighted by Crippen LogP contribution is -2.11. The first-order valence-electron chi connectivity index (χ1n) is 9.29. The standard InChI is InChI=1S/C18H26Cl2N2O2S2/c19-15-13-17(23)21(25-15)11-9-7-5-3-1-2-4-6-8-10-12-22-18(24)14-16(20)26-22/h13-14H,1-12H2. The Morgan fingerprint density at radius 1 is 0.615 bits per heavy atom. The van der Waals surface area contributed by atoms with Crippen molar-refractivity contribution < 1.29 is 0 Å². The Balaban J connectivity index is 1.38. The van der Waals surface area contributed by atoms with E-state index in [0.717, 1.165) is 25.9 Å². The van der Waals surface area contributed by atoms with Crippen LogP contribution >= 0.6 is 46.3 Å². The molecule has 0 bridgehead atoms. The van der Waals surface area contributed by atoms with Gasteiger partial charge in [0.15, 0.2) is 0 Å². The van der Waals surface area contributed by atoms with Crippen LogP contribution in [0.2, 0.25) is 8.67 Å². The number of halogens is 2. The highest BCUT2D eigenvalue weighted by atomic mass is 35.5. The van der Waals surface area contributed by atoms with E-state index in [4.69, 9.17) is 23.2 Å². The predicted molar refractivity (Wildman–Crippen MR) is 113 cm³/mol. The maximum absolute atomic E-state index is 11.5. The van der Waals surface area contributed by atoms with Gasteiger partial charge < -0.3 is 0 Å². The normalized spacial score (nSPS) is 11.3. The number of nitrogens with zero attached hydrogens (tertiary/aromatic N) is 2. The number of hydrogen-bond donors (Lipinski definition) is 0. The molecule has 0 aliphatic carbocycles. The molecule has 0 radical (unpaired) electrons. The highest BCUT2D eigenvalue weighted by molar-refractivity contribution is 7.11. The molecule has 2 aromatic heterocycles. The van der Waals surface area contributed by atoms with E-state index in [1.54, 1.807) is 7.91 Å². The Labute approximate surface area is 172 Å². The molecule has 0 atom stereocenters. The third-order valence-corrected chi connectivity index (χ3v) is 6.72. The Bertz CT molecular complexity index is 700. The van der Waals surface area contributed by atoms with Crippen molar-refractivity contribution in [3.05, 3.63) is 41.5 Å². The lowest BCUT2D eigenvalue weighted by molar-refractivity contribution is 0.528. The Hall–Kier alpha value is -0.560. The van der Waals surface area contributed by atoms with Gasteiger partial charge in [0, 0.05) is 25.2 Å². The summed E-state index contributed by atoms with van der Waals surface area (Å²) in [6.07, 6.45) is 12.0. The van der Waals surface area contributed by atoms with Crippen molar-refractivity contribution >= 4 is 46.3 Å². The fourth-order valence-electron chi connectivity index (χ4n) is 2.93. The Morgan fingerprint density at radius 2 is 0.923 bits per heavy atom. The van der Waals surface area contributed by atoms with Crippen LogP contribution in [0.3, 0.4) is 0 Å². The van der Waals surface area contributed by atoms with Crippen LogP contribution in [0.4, 0.5) is 0 Å². The zero-order valence-corrected chi connectivity index (χ0v) is 18.1. The molecule has 0 unspecified atom stereocenters. The van der Waals surface area contributed by atoms with Crippen LogP contribution in [-0.2, 0) is 13.1 Å². The van der Waals surface area contributed by atoms with Gasteiger partial charge in [-0.3, -0.25) is 17.5 Å². The van der Waals surface area contributed by atoms with Gasteiger partial charge in [-0.25, -0.2) is 0 Å². The van der Waals surface area contributed by atoms with Gasteiger partial charge in [-0.05, 0) is 35.9 Å². The van der Waals surface area contributed by atoms with Crippen molar-refractivity contribution in [3.8, 4) is 0 Å². The van der Waals surface area contributed by atoms with Crippen molar-refractivity contribution in [2.45, 2.75) is 77.3 Å². The molecule has 0 spiro atoms. The Kier molecular flexibility index (Phi) is 10.0. The molecule has 4 nitrogen and oxygen atoms in total. The van der Waals surface area contributed by atoms with Gasteiger partial charge in [-0.15, -0.1) is 0 Å². The highest BCUT2D eigenvalue weighted by Crippen LogP contribution is 2.15. The minimum Gasteiger partial charge on any atom is -0.268 e. The monoisotopic (exact) mass is 436 g/mol. The van der Waals surface area contributed by atoms with Crippen molar-refractivity contribution in [1.82, 2.24) is 7.91 Å². The molecular formula is C18H26Cl2N2O2S2. The lowest BCUT2D eigenvalue weighted by atomic mass is 10.1. The van der Waals surface area contributed by atoms with Gasteiger partial charge in [0.05, 0.1) is 0 Å². The van der Waals surface area contributed by atoms with Crippen molar-refractivity contribution in [2.75, 3.05) is 0 Å². The zero-order valence-electron chi connectivity index (χ0n) is 14.9. The number of aromatic nitrogens is 2. The van der Waals surface area contributed by atoms with Crippen molar-refractivity contribution in [2.24, 2.45) is 0 Å². The van der Waals surface area contributed by atoms with Gasteiger partial charge in [-0.1, -0.05) is 74.6 Å². The molecule has 8 heteroatoms. The lowest BCUT2D eigenvalue weighted by Gasteiger charge is -2.03. The van der Waals surface area contributed by atoms with Gasteiger partial charge in [0.1, 0.15) is 8.67 Å². The van der Waals surface area contributed by atoms with E-state index in [9.17, 15) is 9.59 Å². The predicted octanol–water partition coefficient (Wildman–Crippen LogP) is 6.04. The Morgan fingerprint density at radius 3 is 1.19 bits per heavy atom. The van der Waals surface area contributed by atoms with E-state index in [1.807, 2.05) is 0 Å². The van der Waals surface area contributed by atoms with Crippen molar-refractivity contribution in [3.63, 3.8) is 0 Å². The first-order valence-corrected chi connectivity index (χ1v) is 11.6. The van der Waals surface area contributed by atoms with Crippen LogP contribution in [0.5, 0.6) is 0 Å². The summed E-state index contributed by atoms with van der Waals surface area (Å²) in [6.45, 7) is 1.57. The van der Waals surface area contributed by atoms with E-state index >= 15 is 0 Å². The van der Waals surface area contributed by atoms with Crippen LogP contribution in [0, 0.1) is 0 Å². The van der Waals surface area contributed by atoms with Gasteiger partial charge >= 0.3 is 0 Å². The van der Waals surface area contributed by atoms with Crippen molar-refractivity contribution in [1.29, 1.82) is 0 Å². The molecule has 2 rings (SSSR count). The molecule has 2 heterocycles. The molecule has 26 heavy (non-hydrogen) atoms. The third kappa shape index (κ3) is 7.99. The average molecular weight is 437 g/mol. The number of aryl methyl sites for hydroxylation is 2. The van der Waals surface area contributed by atoms with E-state index in [1.165, 1.54) is 86.6 Å². The van der Waals surface area contributed by atoms with E-state index in [-0.39, 0.29) is 11.1 Å². The average Bonchev–Trinajstić information content (AvgIpc) is 3.08. The topological polar surface area (TPSA) is 44.0 Å². The molecule has 0 amide bonds. The second-order valence-electron chi connectivity index (χ2n) is 6.50. The summed E-state index contributed by atoms with van der Waals surface area (Å²) in [4.78, 5) is 23.0. The summed E-state index contributed by atoms with van der Waals surface area (Å²) in [5.74, 6) is 0. The van der Waals surface area contributed by atoms with Gasteiger partial charge in [-0.2, -0.15) is 0 Å². The SMILES string of the molecule is O=c1cc(Cl)sn1CCCCCCCCCCCCn1sc(Cl)cc1=O. The molecule has 0 aliphatic rings. The summed E-state index contributed by atoms with van der Waals surface area (Å²) >= 11 is 14.3. The van der Waals surface area contributed by atoms with Crippen LogP contribution in [0.1, 0.15) is 64.2 Å². The fourth-order valence-corrected chi connectivity index (χ4v) is 5.07. The molecule has 0 N–H and O–H groups in total. The zero-order chi connectivity index (χ0) is 18.8. The second-order valence-corrected chi connectivity index (χ2v) is 9.88. The minimum atomic E-state index is 0.0204. The minimum absolute atomic E-state index is 0.0204. The summed E-state index contributed by atoms with van der Waals surface area (Å²) < 4.78 is 4.61. The number of hydrogen-bond acceptors (Lipinski definition) is 4.